The van der Waals surface area contributed by atoms with E-state index in [-0.39, 0.29) is 6.04 Å². The first kappa shape index (κ1) is 22.4. The molecule has 9 heteroatoms. The number of fused-ring (bicyclic) bond motifs is 1. The maximum absolute atomic E-state index is 13.3. The molecule has 0 spiro atoms. The van der Waals surface area contributed by atoms with Crippen LogP contribution in [-0.2, 0) is 10.9 Å². The molecule has 3 atom stereocenters. The molecule has 0 bridgehead atoms. The molecule has 6 nitrogen and oxygen atoms in total. The van der Waals surface area contributed by atoms with Crippen molar-refractivity contribution in [2.75, 3.05) is 25.9 Å². The minimum absolute atomic E-state index is 0.100. The zero-order valence-corrected chi connectivity index (χ0v) is 19.1. The fraction of sp³-hybridized carbons (Fsp3) is 0.583. The fourth-order valence-corrected chi connectivity index (χ4v) is 5.50. The van der Waals surface area contributed by atoms with Gasteiger partial charge in [-0.2, -0.15) is 18.3 Å². The largest absolute Gasteiger partial charge is 0.419 e. The number of pyridine rings is 1. The lowest BCUT2D eigenvalue weighted by atomic mass is 10.0. The number of nitrogen functional groups attached to an aromatic ring is 1. The number of nitrogens with two attached hydrogens (primary N) is 1. The van der Waals surface area contributed by atoms with Crippen LogP contribution >= 0.6 is 0 Å². The van der Waals surface area contributed by atoms with Gasteiger partial charge in [0.1, 0.15) is 5.82 Å². The van der Waals surface area contributed by atoms with Gasteiger partial charge in [0.25, 0.3) is 0 Å². The van der Waals surface area contributed by atoms with Gasteiger partial charge in [0.15, 0.2) is 0 Å². The van der Waals surface area contributed by atoms with Crippen LogP contribution in [-0.4, -0.2) is 52.0 Å². The number of ether oxygens (including phenoxy) is 1. The summed E-state index contributed by atoms with van der Waals surface area (Å²) in [6.07, 6.45) is 2.84. The van der Waals surface area contributed by atoms with Crippen molar-refractivity contribution in [2.24, 2.45) is 5.92 Å². The van der Waals surface area contributed by atoms with Crippen LogP contribution in [0, 0.1) is 5.92 Å². The summed E-state index contributed by atoms with van der Waals surface area (Å²) in [6.45, 7) is 6.20. The molecule has 0 radical (unpaired) electrons. The molecule has 1 unspecified atom stereocenters. The van der Waals surface area contributed by atoms with Crippen molar-refractivity contribution < 1.29 is 17.9 Å². The normalized spacial score (nSPS) is 26.0. The second-order valence-electron chi connectivity index (χ2n) is 9.67. The molecule has 1 saturated carbocycles. The van der Waals surface area contributed by atoms with E-state index in [2.05, 4.69) is 21.1 Å². The van der Waals surface area contributed by atoms with Crippen molar-refractivity contribution in [3.05, 3.63) is 41.2 Å². The summed E-state index contributed by atoms with van der Waals surface area (Å²) in [5.74, 6) is 0.273. The molecule has 178 valence electrons. The molecule has 0 amide bonds. The van der Waals surface area contributed by atoms with E-state index >= 15 is 0 Å². The zero-order chi connectivity index (χ0) is 23.5. The van der Waals surface area contributed by atoms with Crippen LogP contribution in [0.4, 0.5) is 19.0 Å². The molecule has 2 N–H and O–H groups in total. The van der Waals surface area contributed by atoms with Crippen LogP contribution in [0.15, 0.2) is 30.0 Å². The Bertz CT molecular complexity index is 1070. The number of rotatable bonds is 5. The zero-order valence-electron chi connectivity index (χ0n) is 19.1. The van der Waals surface area contributed by atoms with Gasteiger partial charge in [0.2, 0.25) is 0 Å². The van der Waals surface area contributed by atoms with Gasteiger partial charge in [-0.15, -0.1) is 0 Å². The number of methoxy groups -OCH3 is 1. The topological polar surface area (TPSA) is 69.2 Å². The van der Waals surface area contributed by atoms with Gasteiger partial charge < -0.3 is 10.5 Å². The quantitative estimate of drug-likeness (QED) is 0.657. The first-order chi connectivity index (χ1) is 15.7. The molecule has 33 heavy (non-hydrogen) atoms. The summed E-state index contributed by atoms with van der Waals surface area (Å²) in [5.41, 5.74) is 7.88. The molecule has 0 aromatic carbocycles. The van der Waals surface area contributed by atoms with E-state index in [4.69, 9.17) is 10.5 Å². The summed E-state index contributed by atoms with van der Waals surface area (Å²) in [5, 5.41) is 4.66. The highest BCUT2D eigenvalue weighted by Gasteiger charge is 2.52. The van der Waals surface area contributed by atoms with Crippen molar-refractivity contribution in [1.29, 1.82) is 0 Å². The van der Waals surface area contributed by atoms with Crippen molar-refractivity contribution in [3.63, 3.8) is 0 Å². The number of hydrogen-bond acceptors (Lipinski definition) is 5. The van der Waals surface area contributed by atoms with Gasteiger partial charge >= 0.3 is 6.18 Å². The highest BCUT2D eigenvalue weighted by molar-refractivity contribution is 5.64. The monoisotopic (exact) mass is 461 g/mol. The summed E-state index contributed by atoms with van der Waals surface area (Å²) in [4.78, 5) is 6.33. The number of hydrogen-bond donors (Lipinski definition) is 1. The minimum atomic E-state index is -4.55. The number of anilines is 1. The Labute approximate surface area is 191 Å². The number of alkyl halides is 3. The standard InChI is InChI=1S/C24H30F3N5O/c1-13(2)32-21(11-20(30-32)14-8-19(24(25,26)27)23(28)29-12-14)22-17-9-15(10-18(17)22)31-6-4-16(33-3)5-7-31/h8-9,11-13,15-16,18,22H,4-7,10H2,1-3H3,(H2,28,29)/t15?,18-,22-/m1/s1. The predicted molar refractivity (Wildman–Crippen MR) is 120 cm³/mol. The van der Waals surface area contributed by atoms with Gasteiger partial charge in [-0.1, -0.05) is 11.6 Å². The highest BCUT2D eigenvalue weighted by atomic mass is 19.4. The molecule has 2 aliphatic carbocycles. The Morgan fingerprint density at radius 3 is 2.48 bits per heavy atom. The Kier molecular flexibility index (Phi) is 5.52. The summed E-state index contributed by atoms with van der Waals surface area (Å²) < 4.78 is 47.4. The van der Waals surface area contributed by atoms with Crippen LogP contribution in [0.3, 0.4) is 0 Å². The highest BCUT2D eigenvalue weighted by Crippen LogP contribution is 2.61. The average Bonchev–Trinajstić information content (AvgIpc) is 3.13. The van der Waals surface area contributed by atoms with Crippen LogP contribution in [0.5, 0.6) is 0 Å². The molecule has 5 rings (SSSR count). The predicted octanol–water partition coefficient (Wildman–Crippen LogP) is 4.65. The molecule has 2 aromatic heterocycles. The third-order valence-corrected chi connectivity index (χ3v) is 7.33. The van der Waals surface area contributed by atoms with Crippen molar-refractivity contribution in [3.8, 4) is 11.3 Å². The Hall–Kier alpha value is -2.39. The molecule has 1 aliphatic heterocycles. The van der Waals surface area contributed by atoms with Crippen molar-refractivity contribution in [2.45, 2.75) is 63.4 Å². The van der Waals surface area contributed by atoms with Gasteiger partial charge in [-0.3, -0.25) is 9.58 Å². The van der Waals surface area contributed by atoms with E-state index < -0.39 is 17.6 Å². The molecular formula is C24H30F3N5O. The van der Waals surface area contributed by atoms with Gasteiger partial charge in [0, 0.05) is 55.7 Å². The number of allylic oxidation sites excluding steroid dienone is 1. The second-order valence-corrected chi connectivity index (χ2v) is 9.67. The molecular weight excluding hydrogens is 431 g/mol. The molecule has 3 heterocycles. The number of aromatic nitrogens is 3. The second kappa shape index (κ2) is 8.13. The van der Waals surface area contributed by atoms with Crippen LogP contribution in [0.2, 0.25) is 0 Å². The summed E-state index contributed by atoms with van der Waals surface area (Å²) in [7, 11) is 1.79. The molecule has 2 aromatic rings. The maximum atomic E-state index is 13.3. The number of likely N-dealkylation sites (tertiary alicyclic amines) is 1. The van der Waals surface area contributed by atoms with Gasteiger partial charge in [0.05, 0.1) is 17.4 Å². The lowest BCUT2D eigenvalue weighted by Gasteiger charge is -2.35. The van der Waals surface area contributed by atoms with E-state index in [1.54, 1.807) is 7.11 Å². The van der Waals surface area contributed by atoms with Crippen molar-refractivity contribution >= 4 is 5.82 Å². The SMILES string of the molecule is COC1CCN(C2C=C3[C@@H](C2)[C@@H]3c2cc(-c3cnc(N)c(C(F)(F)F)c3)nn2C(C)C)CC1. The molecule has 3 aliphatic rings. The Morgan fingerprint density at radius 2 is 1.91 bits per heavy atom. The Morgan fingerprint density at radius 1 is 1.18 bits per heavy atom. The van der Waals surface area contributed by atoms with E-state index in [9.17, 15) is 13.2 Å². The van der Waals surface area contributed by atoms with E-state index in [0.717, 1.165) is 44.1 Å². The summed E-state index contributed by atoms with van der Waals surface area (Å²) in [6, 6.07) is 3.55. The van der Waals surface area contributed by atoms with E-state index in [0.29, 0.717) is 35.2 Å². The lowest BCUT2D eigenvalue weighted by molar-refractivity contribution is -0.137. The Balaban J connectivity index is 1.38. The number of halogens is 3. The summed E-state index contributed by atoms with van der Waals surface area (Å²) >= 11 is 0. The smallest absolute Gasteiger partial charge is 0.383 e. The minimum Gasteiger partial charge on any atom is -0.383 e. The average molecular weight is 462 g/mol. The van der Waals surface area contributed by atoms with Crippen LogP contribution < -0.4 is 5.73 Å². The number of piperidine rings is 1. The molecule has 2 fully saturated rings. The van der Waals surface area contributed by atoms with Crippen molar-refractivity contribution in [1.82, 2.24) is 19.7 Å². The first-order valence-corrected chi connectivity index (χ1v) is 11.6. The third-order valence-electron chi connectivity index (χ3n) is 7.33. The van der Waals surface area contributed by atoms with E-state index in [1.165, 1.54) is 11.8 Å². The first-order valence-electron chi connectivity index (χ1n) is 11.6. The maximum Gasteiger partial charge on any atom is 0.419 e. The molecule has 1 saturated heterocycles. The van der Waals surface area contributed by atoms with Crippen LogP contribution in [0.1, 0.15) is 56.3 Å². The van der Waals surface area contributed by atoms with E-state index in [1.807, 2.05) is 24.6 Å². The van der Waals surface area contributed by atoms with Crippen LogP contribution in [0.25, 0.3) is 11.3 Å². The fourth-order valence-electron chi connectivity index (χ4n) is 5.50. The lowest BCUT2D eigenvalue weighted by Crippen LogP contribution is -2.42. The number of nitrogens with zero attached hydrogens (tertiary/aromatic N) is 4. The van der Waals surface area contributed by atoms with Gasteiger partial charge in [-0.05, 0) is 51.2 Å². The third kappa shape index (κ3) is 4.05. The van der Waals surface area contributed by atoms with Gasteiger partial charge in [-0.25, -0.2) is 4.98 Å².